The first-order valence-corrected chi connectivity index (χ1v) is 4.32. The summed E-state index contributed by atoms with van der Waals surface area (Å²) in [4.78, 5) is 3.86. The summed E-state index contributed by atoms with van der Waals surface area (Å²) in [6, 6.07) is 4.73. The van der Waals surface area contributed by atoms with Crippen molar-refractivity contribution in [1.29, 1.82) is 0 Å². The molecule has 0 spiro atoms. The summed E-state index contributed by atoms with van der Waals surface area (Å²) >= 11 is 5.43. The number of aryl methyl sites for hydroxylation is 1. The second-order valence-corrected chi connectivity index (χ2v) is 2.91. The van der Waals surface area contributed by atoms with E-state index in [9.17, 15) is 4.39 Å². The molecule has 0 aliphatic heterocycles. The van der Waals surface area contributed by atoms with Crippen molar-refractivity contribution in [3.05, 3.63) is 29.6 Å². The van der Waals surface area contributed by atoms with Crippen molar-refractivity contribution in [3.63, 3.8) is 0 Å². The Hall–Kier alpha value is -1.09. The van der Waals surface area contributed by atoms with Crippen molar-refractivity contribution in [2.24, 2.45) is 10.7 Å². The van der Waals surface area contributed by atoms with E-state index < -0.39 is 0 Å². The second-order valence-electron chi connectivity index (χ2n) is 2.64. The van der Waals surface area contributed by atoms with Crippen LogP contribution in [0.3, 0.4) is 0 Å². The van der Waals surface area contributed by atoms with Crippen LogP contribution in [0.25, 0.3) is 0 Å². The fourth-order valence-corrected chi connectivity index (χ4v) is 0.998. The maximum atomic E-state index is 13.1. The number of amidine groups is 1. The lowest BCUT2D eigenvalue weighted by atomic mass is 10.2. The van der Waals surface area contributed by atoms with Crippen molar-refractivity contribution < 1.29 is 4.39 Å². The van der Waals surface area contributed by atoms with Gasteiger partial charge in [0.05, 0.1) is 5.88 Å². The van der Waals surface area contributed by atoms with Crippen LogP contribution in [0.15, 0.2) is 23.2 Å². The van der Waals surface area contributed by atoms with Gasteiger partial charge >= 0.3 is 0 Å². The Kier molecular flexibility index (Phi) is 3.25. The molecular weight excluding hydrogens is 191 g/mol. The zero-order valence-electron chi connectivity index (χ0n) is 7.22. The first-order valence-electron chi connectivity index (χ1n) is 3.79. The van der Waals surface area contributed by atoms with Crippen molar-refractivity contribution in [1.82, 2.24) is 0 Å². The molecule has 0 saturated carbocycles. The zero-order valence-corrected chi connectivity index (χ0v) is 7.98. The predicted molar refractivity (Wildman–Crippen MR) is 53.1 cm³/mol. The molecule has 1 aromatic carbocycles. The quantitative estimate of drug-likeness (QED) is 0.444. The van der Waals surface area contributed by atoms with E-state index >= 15 is 0 Å². The van der Waals surface area contributed by atoms with E-state index in [4.69, 9.17) is 17.3 Å². The largest absolute Gasteiger partial charge is 0.386 e. The molecule has 0 aliphatic carbocycles. The molecule has 1 aromatic rings. The van der Waals surface area contributed by atoms with Crippen LogP contribution in [-0.4, -0.2) is 11.7 Å². The molecule has 0 saturated heterocycles. The maximum Gasteiger partial charge on any atom is 0.149 e. The number of para-hydroxylation sites is 1. The number of hydrogen-bond donors (Lipinski definition) is 1. The van der Waals surface area contributed by atoms with Crippen LogP contribution in [0.4, 0.5) is 10.1 Å². The van der Waals surface area contributed by atoms with Gasteiger partial charge in [0.15, 0.2) is 0 Å². The molecular formula is C9H10ClFN2. The molecule has 2 nitrogen and oxygen atoms in total. The van der Waals surface area contributed by atoms with E-state index in [-0.39, 0.29) is 23.2 Å². The number of halogens is 2. The highest BCUT2D eigenvalue weighted by atomic mass is 35.5. The first kappa shape index (κ1) is 9.99. The Labute approximate surface area is 81.2 Å². The van der Waals surface area contributed by atoms with Crippen LogP contribution >= 0.6 is 11.6 Å². The van der Waals surface area contributed by atoms with Gasteiger partial charge in [-0.05, 0) is 18.6 Å². The third-order valence-corrected chi connectivity index (χ3v) is 1.85. The van der Waals surface area contributed by atoms with E-state index in [2.05, 4.69) is 4.99 Å². The van der Waals surface area contributed by atoms with E-state index in [0.717, 1.165) is 5.56 Å². The molecule has 0 fully saturated rings. The summed E-state index contributed by atoms with van der Waals surface area (Å²) in [5.41, 5.74) is 6.40. The van der Waals surface area contributed by atoms with Gasteiger partial charge in [0.25, 0.3) is 0 Å². The highest BCUT2D eigenvalue weighted by Crippen LogP contribution is 2.21. The lowest BCUT2D eigenvalue weighted by Gasteiger charge is -2.01. The topological polar surface area (TPSA) is 38.4 Å². The Bertz CT molecular complexity index is 316. The Morgan fingerprint density at radius 1 is 1.62 bits per heavy atom. The highest BCUT2D eigenvalue weighted by Gasteiger charge is 2.03. The van der Waals surface area contributed by atoms with Crippen molar-refractivity contribution in [2.45, 2.75) is 6.92 Å². The number of rotatable bonds is 2. The average Bonchev–Trinajstić information content (AvgIpc) is 2.11. The van der Waals surface area contributed by atoms with Crippen LogP contribution in [0.5, 0.6) is 0 Å². The van der Waals surface area contributed by atoms with Crippen LogP contribution in [0.1, 0.15) is 5.56 Å². The standard InChI is InChI=1S/C9H10ClFN2/c1-6-3-2-4-7(11)9(6)13-8(12)5-10/h2-4H,5H2,1H3,(H2,12,13). The second kappa shape index (κ2) is 4.23. The van der Waals surface area contributed by atoms with Gasteiger partial charge in [-0.2, -0.15) is 0 Å². The van der Waals surface area contributed by atoms with Gasteiger partial charge in [0.2, 0.25) is 0 Å². The smallest absolute Gasteiger partial charge is 0.149 e. The molecule has 0 amide bonds. The number of hydrogen-bond acceptors (Lipinski definition) is 1. The summed E-state index contributed by atoms with van der Waals surface area (Å²) in [5.74, 6) is -0.0590. The van der Waals surface area contributed by atoms with Crippen molar-refractivity contribution in [3.8, 4) is 0 Å². The normalized spacial score (nSPS) is 11.8. The minimum atomic E-state index is -0.381. The SMILES string of the molecule is Cc1cccc(F)c1N=C(N)CCl. The lowest BCUT2D eigenvalue weighted by molar-refractivity contribution is 0.629. The molecule has 0 heterocycles. The Morgan fingerprint density at radius 2 is 2.31 bits per heavy atom. The van der Waals surface area contributed by atoms with Crippen LogP contribution in [-0.2, 0) is 0 Å². The number of aliphatic imine (C=N–C) groups is 1. The first-order chi connectivity index (χ1) is 6.15. The summed E-state index contributed by atoms with van der Waals surface area (Å²) in [6.45, 7) is 1.77. The molecule has 0 unspecified atom stereocenters. The van der Waals surface area contributed by atoms with E-state index in [0.29, 0.717) is 0 Å². The van der Waals surface area contributed by atoms with Gasteiger partial charge in [-0.3, -0.25) is 0 Å². The fraction of sp³-hybridized carbons (Fsp3) is 0.222. The molecule has 0 aliphatic rings. The van der Waals surface area contributed by atoms with Gasteiger partial charge in [-0.15, -0.1) is 11.6 Å². The summed E-state index contributed by atoms with van der Waals surface area (Å²) < 4.78 is 13.1. The monoisotopic (exact) mass is 200 g/mol. The molecule has 0 aromatic heterocycles. The number of nitrogens with two attached hydrogens (primary N) is 1. The van der Waals surface area contributed by atoms with Gasteiger partial charge in [-0.1, -0.05) is 12.1 Å². The fourth-order valence-electron chi connectivity index (χ4n) is 0.938. The van der Waals surface area contributed by atoms with Crippen molar-refractivity contribution >= 4 is 23.1 Å². The Morgan fingerprint density at radius 3 is 2.85 bits per heavy atom. The molecule has 0 bridgehead atoms. The van der Waals surface area contributed by atoms with Crippen LogP contribution < -0.4 is 5.73 Å². The number of alkyl halides is 1. The minimum absolute atomic E-state index is 0.105. The lowest BCUT2D eigenvalue weighted by Crippen LogP contribution is -2.12. The molecule has 0 radical (unpaired) electrons. The van der Waals surface area contributed by atoms with Crippen molar-refractivity contribution in [2.75, 3.05) is 5.88 Å². The minimum Gasteiger partial charge on any atom is -0.386 e. The van der Waals surface area contributed by atoms with Gasteiger partial charge in [0, 0.05) is 0 Å². The molecule has 1 rings (SSSR count). The van der Waals surface area contributed by atoms with Gasteiger partial charge in [0.1, 0.15) is 17.3 Å². The number of benzene rings is 1. The zero-order chi connectivity index (χ0) is 9.84. The van der Waals surface area contributed by atoms with Gasteiger partial charge in [-0.25, -0.2) is 9.38 Å². The van der Waals surface area contributed by atoms with Crippen LogP contribution in [0, 0.1) is 12.7 Å². The van der Waals surface area contributed by atoms with E-state index in [1.54, 1.807) is 19.1 Å². The summed E-state index contributed by atoms with van der Waals surface area (Å²) in [7, 11) is 0. The average molecular weight is 201 g/mol. The van der Waals surface area contributed by atoms with E-state index in [1.807, 2.05) is 0 Å². The molecule has 70 valence electrons. The summed E-state index contributed by atoms with van der Waals surface area (Å²) in [6.07, 6.45) is 0. The third-order valence-electron chi connectivity index (χ3n) is 1.58. The molecule has 2 N–H and O–H groups in total. The molecule has 13 heavy (non-hydrogen) atoms. The van der Waals surface area contributed by atoms with E-state index in [1.165, 1.54) is 6.07 Å². The van der Waals surface area contributed by atoms with Gasteiger partial charge < -0.3 is 5.73 Å². The number of nitrogens with zero attached hydrogens (tertiary/aromatic N) is 1. The molecule has 0 atom stereocenters. The molecule has 4 heteroatoms. The third kappa shape index (κ3) is 2.42. The van der Waals surface area contributed by atoms with Crippen LogP contribution in [0.2, 0.25) is 0 Å². The summed E-state index contributed by atoms with van der Waals surface area (Å²) in [5, 5.41) is 0. The highest BCUT2D eigenvalue weighted by molar-refractivity contribution is 6.28. The Balaban J connectivity index is 3.14. The predicted octanol–water partition coefficient (Wildman–Crippen LogP) is 2.36. The maximum absolute atomic E-state index is 13.1.